The predicted octanol–water partition coefficient (Wildman–Crippen LogP) is 3.42. The molecular weight excluding hydrogens is 234 g/mol. The van der Waals surface area contributed by atoms with Crippen LogP contribution in [0.5, 0.6) is 0 Å². The largest absolute Gasteiger partial charge is 0.355 e. The molecule has 0 aliphatic heterocycles. The number of aromatic nitrogens is 2. The molecule has 2 fully saturated rings. The molecule has 0 amide bonds. The maximum absolute atomic E-state index is 4.69. The monoisotopic (exact) mass is 255 g/mol. The summed E-state index contributed by atoms with van der Waals surface area (Å²) in [4.78, 5) is 4.69. The fraction of sp³-hybridized carbons (Fsp3) is 0.562. The van der Waals surface area contributed by atoms with Gasteiger partial charge in [0.15, 0.2) is 0 Å². The van der Waals surface area contributed by atoms with Gasteiger partial charge in [0.05, 0.1) is 11.0 Å². The lowest BCUT2D eigenvalue weighted by Crippen LogP contribution is -2.21. The van der Waals surface area contributed by atoms with Crippen LogP contribution in [0, 0.1) is 17.8 Å². The van der Waals surface area contributed by atoms with E-state index in [0.717, 1.165) is 35.8 Å². The first kappa shape index (κ1) is 11.3. The van der Waals surface area contributed by atoms with Crippen molar-refractivity contribution >= 4 is 17.0 Å². The van der Waals surface area contributed by atoms with Gasteiger partial charge in [0.1, 0.15) is 0 Å². The number of aryl methyl sites for hydroxylation is 1. The first-order valence-corrected chi connectivity index (χ1v) is 7.46. The van der Waals surface area contributed by atoms with Crippen molar-refractivity contribution in [3.63, 3.8) is 0 Å². The van der Waals surface area contributed by atoms with Gasteiger partial charge in [0.25, 0.3) is 0 Å². The highest BCUT2D eigenvalue weighted by Crippen LogP contribution is 2.48. The Morgan fingerprint density at radius 3 is 2.89 bits per heavy atom. The summed E-state index contributed by atoms with van der Waals surface area (Å²) in [5.41, 5.74) is 2.29. The fourth-order valence-electron chi connectivity index (χ4n) is 4.15. The van der Waals surface area contributed by atoms with Gasteiger partial charge >= 0.3 is 0 Å². The summed E-state index contributed by atoms with van der Waals surface area (Å²) in [5, 5.41) is 3.58. The molecule has 3 nitrogen and oxygen atoms in total. The van der Waals surface area contributed by atoms with Crippen molar-refractivity contribution in [2.45, 2.75) is 25.7 Å². The maximum atomic E-state index is 4.69. The van der Waals surface area contributed by atoms with Gasteiger partial charge in [-0.1, -0.05) is 18.6 Å². The van der Waals surface area contributed by atoms with Gasteiger partial charge in [-0.3, -0.25) is 0 Å². The van der Waals surface area contributed by atoms with Gasteiger partial charge < -0.3 is 9.88 Å². The third-order valence-corrected chi connectivity index (χ3v) is 5.19. The van der Waals surface area contributed by atoms with Gasteiger partial charge in [-0.05, 0) is 49.1 Å². The Hall–Kier alpha value is -1.51. The smallest absolute Gasteiger partial charge is 0.203 e. The molecule has 1 aromatic heterocycles. The van der Waals surface area contributed by atoms with Gasteiger partial charge in [-0.15, -0.1) is 0 Å². The number of nitrogens with one attached hydrogen (secondary N) is 1. The number of benzene rings is 1. The first-order chi connectivity index (χ1) is 9.31. The zero-order valence-electron chi connectivity index (χ0n) is 11.5. The van der Waals surface area contributed by atoms with Crippen molar-refractivity contribution < 1.29 is 0 Å². The Morgan fingerprint density at radius 2 is 2.16 bits per heavy atom. The van der Waals surface area contributed by atoms with E-state index in [1.54, 1.807) is 0 Å². The lowest BCUT2D eigenvalue weighted by molar-refractivity contribution is 0.348. The number of hydrogen-bond acceptors (Lipinski definition) is 2. The molecule has 1 aromatic carbocycles. The van der Waals surface area contributed by atoms with Crippen LogP contribution in [0.25, 0.3) is 11.0 Å². The zero-order chi connectivity index (χ0) is 12.8. The Labute approximate surface area is 114 Å². The Balaban J connectivity index is 1.51. The second-order valence-corrected chi connectivity index (χ2v) is 6.30. The lowest BCUT2D eigenvalue weighted by atomic mass is 9.89. The lowest BCUT2D eigenvalue weighted by Gasteiger charge is -2.22. The fourth-order valence-corrected chi connectivity index (χ4v) is 4.15. The molecule has 3 atom stereocenters. The van der Waals surface area contributed by atoms with Crippen molar-refractivity contribution in [1.29, 1.82) is 0 Å². The van der Waals surface area contributed by atoms with E-state index in [1.165, 1.54) is 31.2 Å². The van der Waals surface area contributed by atoms with Gasteiger partial charge in [-0.2, -0.15) is 0 Å². The molecule has 2 aliphatic rings. The predicted molar refractivity (Wildman–Crippen MR) is 78.1 cm³/mol. The summed E-state index contributed by atoms with van der Waals surface area (Å²) in [6.07, 6.45) is 5.85. The molecule has 100 valence electrons. The molecule has 0 spiro atoms. The van der Waals surface area contributed by atoms with Crippen LogP contribution < -0.4 is 5.32 Å². The molecular formula is C16H21N3. The van der Waals surface area contributed by atoms with Gasteiger partial charge in [0, 0.05) is 13.6 Å². The minimum Gasteiger partial charge on any atom is -0.355 e. The molecule has 0 saturated heterocycles. The highest BCUT2D eigenvalue weighted by atomic mass is 15.2. The van der Waals surface area contributed by atoms with Crippen LogP contribution in [0.15, 0.2) is 24.3 Å². The third-order valence-electron chi connectivity index (χ3n) is 5.19. The average molecular weight is 255 g/mol. The van der Waals surface area contributed by atoms with Gasteiger partial charge in [-0.25, -0.2) is 4.98 Å². The molecule has 2 saturated carbocycles. The van der Waals surface area contributed by atoms with E-state index < -0.39 is 0 Å². The van der Waals surface area contributed by atoms with E-state index in [9.17, 15) is 0 Å². The van der Waals surface area contributed by atoms with Crippen molar-refractivity contribution in [3.05, 3.63) is 24.3 Å². The van der Waals surface area contributed by atoms with E-state index >= 15 is 0 Å². The number of imidazole rings is 1. The number of fused-ring (bicyclic) bond motifs is 3. The molecule has 3 heteroatoms. The van der Waals surface area contributed by atoms with Crippen LogP contribution in [-0.4, -0.2) is 16.1 Å². The molecule has 1 N–H and O–H groups in total. The highest BCUT2D eigenvalue weighted by Gasteiger charge is 2.39. The normalized spacial score (nSPS) is 29.2. The summed E-state index contributed by atoms with van der Waals surface area (Å²) in [7, 11) is 2.10. The molecule has 0 radical (unpaired) electrons. The summed E-state index contributed by atoms with van der Waals surface area (Å²) in [6, 6.07) is 8.34. The molecule has 19 heavy (non-hydrogen) atoms. The number of nitrogens with zero attached hydrogens (tertiary/aromatic N) is 2. The zero-order valence-corrected chi connectivity index (χ0v) is 11.5. The first-order valence-electron chi connectivity index (χ1n) is 7.46. The molecule has 2 bridgehead atoms. The second-order valence-electron chi connectivity index (χ2n) is 6.30. The van der Waals surface area contributed by atoms with Crippen LogP contribution in [0.2, 0.25) is 0 Å². The van der Waals surface area contributed by atoms with E-state index in [1.807, 2.05) is 0 Å². The number of para-hydroxylation sites is 2. The highest BCUT2D eigenvalue weighted by molar-refractivity contribution is 5.78. The van der Waals surface area contributed by atoms with Crippen LogP contribution >= 0.6 is 0 Å². The number of anilines is 1. The van der Waals surface area contributed by atoms with Gasteiger partial charge in [0.2, 0.25) is 5.95 Å². The van der Waals surface area contributed by atoms with Crippen LogP contribution in [0.4, 0.5) is 5.95 Å². The van der Waals surface area contributed by atoms with E-state index in [0.29, 0.717) is 0 Å². The summed E-state index contributed by atoms with van der Waals surface area (Å²) >= 11 is 0. The van der Waals surface area contributed by atoms with E-state index in [2.05, 4.69) is 46.2 Å². The average Bonchev–Trinajstić information content (AvgIpc) is 3.12. The number of rotatable bonds is 3. The van der Waals surface area contributed by atoms with Crippen molar-refractivity contribution in [2.75, 3.05) is 11.9 Å². The van der Waals surface area contributed by atoms with Crippen molar-refractivity contribution in [2.24, 2.45) is 24.8 Å². The van der Waals surface area contributed by atoms with Crippen molar-refractivity contribution in [3.8, 4) is 0 Å². The molecule has 2 aliphatic carbocycles. The minimum atomic E-state index is 0.874. The van der Waals surface area contributed by atoms with E-state index in [4.69, 9.17) is 0 Å². The Morgan fingerprint density at radius 1 is 1.26 bits per heavy atom. The maximum Gasteiger partial charge on any atom is 0.203 e. The van der Waals surface area contributed by atoms with Crippen LogP contribution in [0.1, 0.15) is 25.7 Å². The molecule has 2 aromatic rings. The molecule has 3 unspecified atom stereocenters. The number of hydrogen-bond donors (Lipinski definition) is 1. The summed E-state index contributed by atoms with van der Waals surface area (Å²) < 4.78 is 2.17. The molecule has 1 heterocycles. The summed E-state index contributed by atoms with van der Waals surface area (Å²) in [6.45, 7) is 1.10. The summed E-state index contributed by atoms with van der Waals surface area (Å²) in [5.74, 6) is 3.90. The third kappa shape index (κ3) is 1.83. The SMILES string of the molecule is Cn1c(NCC2CC3CCC2C3)nc2ccccc21. The van der Waals surface area contributed by atoms with Crippen LogP contribution in [-0.2, 0) is 7.05 Å². The Kier molecular flexibility index (Phi) is 2.54. The molecule has 4 rings (SSSR count). The van der Waals surface area contributed by atoms with Crippen molar-refractivity contribution in [1.82, 2.24) is 9.55 Å². The topological polar surface area (TPSA) is 29.9 Å². The standard InChI is InChI=1S/C16H21N3/c1-19-15-5-3-2-4-14(15)18-16(19)17-10-13-9-11-6-7-12(13)8-11/h2-5,11-13H,6-10H2,1H3,(H,17,18). The van der Waals surface area contributed by atoms with E-state index in [-0.39, 0.29) is 0 Å². The minimum absolute atomic E-state index is 0.874. The Bertz CT molecular complexity index is 601. The quantitative estimate of drug-likeness (QED) is 0.910. The second kappa shape index (κ2) is 4.26. The van der Waals surface area contributed by atoms with Crippen LogP contribution in [0.3, 0.4) is 0 Å².